The molecule has 0 aliphatic heterocycles. The Morgan fingerprint density at radius 1 is 0.929 bits per heavy atom. The summed E-state index contributed by atoms with van der Waals surface area (Å²) in [7, 11) is 0. The van der Waals surface area contributed by atoms with E-state index in [1.807, 2.05) is 0 Å². The lowest BCUT2D eigenvalue weighted by Gasteiger charge is -2.40. The molecule has 0 radical (unpaired) electrons. The van der Waals surface area contributed by atoms with Gasteiger partial charge in [0, 0.05) is 5.92 Å². The molecule has 6 nitrogen and oxygen atoms in total. The Balaban J connectivity index is 1.66. The standard InChI is InChI=1S/C36H50O6/c1-5-7-8-9-27-10-12-29(13-11-27)30-14-16-31(17-15-30)32-18-19-34(28(6-2)20-32)33(23-41-35(39)25(3)21-37)24-42-36(40)26(4)22-38/h10-17,26,28,32-34,37-38H,3,5-9,18-24H2,1-2,4H3. The highest BCUT2D eigenvalue weighted by Crippen LogP contribution is 2.44. The van der Waals surface area contributed by atoms with Gasteiger partial charge < -0.3 is 19.7 Å². The van der Waals surface area contributed by atoms with Crippen LogP contribution in [0.4, 0.5) is 0 Å². The van der Waals surface area contributed by atoms with E-state index in [-0.39, 0.29) is 37.2 Å². The van der Waals surface area contributed by atoms with E-state index < -0.39 is 24.5 Å². The molecule has 0 aromatic heterocycles. The van der Waals surface area contributed by atoms with Crippen molar-refractivity contribution in [2.24, 2.45) is 23.7 Å². The highest BCUT2D eigenvalue weighted by Gasteiger charge is 2.36. The predicted molar refractivity (Wildman–Crippen MR) is 167 cm³/mol. The molecular weight excluding hydrogens is 528 g/mol. The number of aliphatic hydroxyl groups excluding tert-OH is 2. The monoisotopic (exact) mass is 578 g/mol. The van der Waals surface area contributed by atoms with Crippen molar-refractivity contribution >= 4 is 11.9 Å². The molecule has 6 heteroatoms. The number of hydrogen-bond acceptors (Lipinski definition) is 6. The van der Waals surface area contributed by atoms with Crippen molar-refractivity contribution in [1.82, 2.24) is 0 Å². The maximum atomic E-state index is 12.3. The van der Waals surface area contributed by atoms with Gasteiger partial charge in [-0.2, -0.15) is 0 Å². The van der Waals surface area contributed by atoms with E-state index in [0.717, 1.165) is 32.1 Å². The Bertz CT molecular complexity index is 1120. The smallest absolute Gasteiger partial charge is 0.335 e. The van der Waals surface area contributed by atoms with E-state index in [1.54, 1.807) is 6.92 Å². The molecule has 0 heterocycles. The van der Waals surface area contributed by atoms with Gasteiger partial charge in [0.1, 0.15) is 0 Å². The predicted octanol–water partition coefficient (Wildman–Crippen LogP) is 6.88. The van der Waals surface area contributed by atoms with Gasteiger partial charge in [-0.3, -0.25) is 4.79 Å². The lowest BCUT2D eigenvalue weighted by molar-refractivity contribution is -0.154. The molecule has 0 spiro atoms. The number of ether oxygens (including phenoxy) is 2. The summed E-state index contributed by atoms with van der Waals surface area (Å²) in [6.07, 6.45) is 8.81. The first-order valence-electron chi connectivity index (χ1n) is 15.7. The van der Waals surface area contributed by atoms with Gasteiger partial charge in [-0.1, -0.05) is 88.2 Å². The molecule has 0 saturated heterocycles. The van der Waals surface area contributed by atoms with Crippen LogP contribution in [0, 0.1) is 23.7 Å². The fourth-order valence-electron chi connectivity index (χ4n) is 6.12. The quantitative estimate of drug-likeness (QED) is 0.128. The molecule has 0 amide bonds. The van der Waals surface area contributed by atoms with Gasteiger partial charge in [0.05, 0.1) is 37.9 Å². The van der Waals surface area contributed by atoms with Crippen LogP contribution in [0.1, 0.15) is 82.8 Å². The van der Waals surface area contributed by atoms with Gasteiger partial charge in [0.2, 0.25) is 0 Å². The third-order valence-electron chi connectivity index (χ3n) is 8.93. The van der Waals surface area contributed by atoms with Crippen molar-refractivity contribution in [3.05, 3.63) is 71.8 Å². The summed E-state index contributed by atoms with van der Waals surface area (Å²) >= 11 is 0. The van der Waals surface area contributed by atoms with Crippen LogP contribution in [-0.4, -0.2) is 48.6 Å². The molecular formula is C36H50O6. The summed E-state index contributed by atoms with van der Waals surface area (Å²) in [6, 6.07) is 17.9. The molecule has 1 saturated carbocycles. The Morgan fingerprint density at radius 2 is 1.57 bits per heavy atom. The van der Waals surface area contributed by atoms with Crippen LogP contribution in [0.2, 0.25) is 0 Å². The molecule has 0 bridgehead atoms. The van der Waals surface area contributed by atoms with E-state index in [9.17, 15) is 19.8 Å². The Labute approximate surface area is 252 Å². The molecule has 2 N–H and O–H groups in total. The molecule has 1 fully saturated rings. The molecule has 2 aromatic carbocycles. The average molecular weight is 579 g/mol. The average Bonchev–Trinajstić information content (AvgIpc) is 3.04. The minimum atomic E-state index is -0.634. The molecule has 3 rings (SSSR count). The van der Waals surface area contributed by atoms with Crippen molar-refractivity contribution < 1.29 is 29.3 Å². The minimum absolute atomic E-state index is 0.00163. The van der Waals surface area contributed by atoms with Crippen LogP contribution in [0.25, 0.3) is 11.1 Å². The van der Waals surface area contributed by atoms with Gasteiger partial charge in [-0.15, -0.1) is 0 Å². The van der Waals surface area contributed by atoms with Gasteiger partial charge in [-0.05, 0) is 79.0 Å². The highest BCUT2D eigenvalue weighted by molar-refractivity contribution is 5.87. The molecule has 1 aliphatic rings. The number of unbranched alkanes of at least 4 members (excludes halogenated alkanes) is 2. The summed E-state index contributed by atoms with van der Waals surface area (Å²) in [5.41, 5.74) is 5.21. The lowest BCUT2D eigenvalue weighted by atomic mass is 9.66. The summed E-state index contributed by atoms with van der Waals surface area (Å²) in [5, 5.41) is 18.6. The van der Waals surface area contributed by atoms with Crippen molar-refractivity contribution in [3.8, 4) is 11.1 Å². The number of carbonyl (C=O) groups excluding carboxylic acids is 2. The van der Waals surface area contributed by atoms with E-state index in [1.165, 1.54) is 41.5 Å². The second-order valence-electron chi connectivity index (χ2n) is 12.0. The third-order valence-corrected chi connectivity index (χ3v) is 8.93. The van der Waals surface area contributed by atoms with Crippen LogP contribution >= 0.6 is 0 Å². The Morgan fingerprint density at radius 3 is 2.17 bits per heavy atom. The van der Waals surface area contributed by atoms with E-state index >= 15 is 0 Å². The van der Waals surface area contributed by atoms with Crippen LogP contribution in [0.15, 0.2) is 60.7 Å². The first-order valence-corrected chi connectivity index (χ1v) is 15.7. The zero-order valence-electron chi connectivity index (χ0n) is 25.7. The second kappa shape index (κ2) is 17.2. The van der Waals surface area contributed by atoms with Gasteiger partial charge in [0.15, 0.2) is 0 Å². The van der Waals surface area contributed by atoms with Crippen molar-refractivity contribution in [2.45, 2.75) is 78.1 Å². The van der Waals surface area contributed by atoms with Crippen molar-refractivity contribution in [2.75, 3.05) is 26.4 Å². The van der Waals surface area contributed by atoms with Gasteiger partial charge in [0.25, 0.3) is 0 Å². The Kier molecular flexibility index (Phi) is 13.8. The summed E-state index contributed by atoms with van der Waals surface area (Å²) in [4.78, 5) is 24.5. The van der Waals surface area contributed by atoms with Crippen LogP contribution in [-0.2, 0) is 25.5 Å². The number of esters is 2. The first kappa shape index (κ1) is 33.5. The summed E-state index contributed by atoms with van der Waals surface area (Å²) in [6.45, 7) is 9.08. The van der Waals surface area contributed by atoms with Crippen LogP contribution in [0.3, 0.4) is 0 Å². The lowest BCUT2D eigenvalue weighted by Crippen LogP contribution is -2.36. The number of benzene rings is 2. The molecule has 2 aromatic rings. The normalized spacial score (nSPS) is 20.0. The maximum Gasteiger partial charge on any atom is 0.335 e. The number of aliphatic hydroxyl groups is 2. The maximum absolute atomic E-state index is 12.3. The molecule has 230 valence electrons. The minimum Gasteiger partial charge on any atom is -0.465 e. The topological polar surface area (TPSA) is 93.1 Å². The van der Waals surface area contributed by atoms with E-state index in [0.29, 0.717) is 11.8 Å². The number of rotatable bonds is 16. The zero-order chi connectivity index (χ0) is 30.5. The van der Waals surface area contributed by atoms with Crippen molar-refractivity contribution in [3.63, 3.8) is 0 Å². The SMILES string of the molecule is C=C(CO)C(=O)OCC(COC(=O)C(C)CO)C1CCC(c2ccc(-c3ccc(CCCCC)cc3)cc2)CC1CC. The molecule has 1 aliphatic carbocycles. The third kappa shape index (κ3) is 9.53. The summed E-state index contributed by atoms with van der Waals surface area (Å²) < 4.78 is 11.0. The Hall–Kier alpha value is -2.96. The van der Waals surface area contributed by atoms with Crippen LogP contribution < -0.4 is 0 Å². The summed E-state index contributed by atoms with van der Waals surface area (Å²) in [5.74, 6) is -0.834. The van der Waals surface area contributed by atoms with Gasteiger partial charge in [-0.25, -0.2) is 4.79 Å². The molecule has 5 unspecified atom stereocenters. The van der Waals surface area contributed by atoms with E-state index in [2.05, 4.69) is 69.0 Å². The van der Waals surface area contributed by atoms with Crippen LogP contribution in [0.5, 0.6) is 0 Å². The largest absolute Gasteiger partial charge is 0.465 e. The fourth-order valence-corrected chi connectivity index (χ4v) is 6.12. The second-order valence-corrected chi connectivity index (χ2v) is 12.0. The first-order chi connectivity index (χ1) is 20.3. The molecule has 42 heavy (non-hydrogen) atoms. The molecule has 5 atom stereocenters. The fraction of sp³-hybridized carbons (Fsp3) is 0.556. The zero-order valence-corrected chi connectivity index (χ0v) is 25.7. The van der Waals surface area contributed by atoms with Crippen molar-refractivity contribution in [1.29, 1.82) is 0 Å². The van der Waals surface area contributed by atoms with E-state index in [4.69, 9.17) is 9.47 Å². The number of hydrogen-bond donors (Lipinski definition) is 2. The highest BCUT2D eigenvalue weighted by atomic mass is 16.5. The number of aryl methyl sites for hydroxylation is 1. The van der Waals surface area contributed by atoms with Gasteiger partial charge >= 0.3 is 11.9 Å². The number of carbonyl (C=O) groups is 2.